The summed E-state index contributed by atoms with van der Waals surface area (Å²) in [6.45, 7) is 7.02. The van der Waals surface area contributed by atoms with Crippen molar-refractivity contribution in [2.75, 3.05) is 18.4 Å². The van der Waals surface area contributed by atoms with Crippen LogP contribution in [0.4, 0.5) is 10.5 Å². The zero-order valence-corrected chi connectivity index (χ0v) is 13.6. The zero-order chi connectivity index (χ0) is 16.1. The Morgan fingerprint density at radius 3 is 2.77 bits per heavy atom. The van der Waals surface area contributed by atoms with Crippen LogP contribution in [0.5, 0.6) is 5.75 Å². The summed E-state index contributed by atoms with van der Waals surface area (Å²) >= 11 is 0. The number of ether oxygens (including phenoxy) is 1. The van der Waals surface area contributed by atoms with Gasteiger partial charge in [-0.3, -0.25) is 0 Å². The number of nitrogens with one attached hydrogen (secondary N) is 1. The maximum absolute atomic E-state index is 12.5. The molecular formula is C17H26N2O3. The first kappa shape index (κ1) is 16.6. The van der Waals surface area contributed by atoms with Crippen LogP contribution in [0.3, 0.4) is 0 Å². The fourth-order valence-electron chi connectivity index (χ4n) is 2.71. The molecule has 0 bridgehead atoms. The fraction of sp³-hybridized carbons (Fsp3) is 0.588. The molecule has 22 heavy (non-hydrogen) atoms. The summed E-state index contributed by atoms with van der Waals surface area (Å²) in [5.74, 6) is 0.830. The van der Waals surface area contributed by atoms with Gasteiger partial charge >= 0.3 is 6.03 Å². The van der Waals surface area contributed by atoms with E-state index in [-0.39, 0.29) is 24.2 Å². The van der Waals surface area contributed by atoms with E-state index >= 15 is 0 Å². The minimum Gasteiger partial charge on any atom is -0.489 e. The molecule has 1 saturated heterocycles. The van der Waals surface area contributed by atoms with Gasteiger partial charge < -0.3 is 20.1 Å². The number of piperidine rings is 1. The van der Waals surface area contributed by atoms with Gasteiger partial charge in [-0.25, -0.2) is 4.79 Å². The summed E-state index contributed by atoms with van der Waals surface area (Å²) in [7, 11) is 0. The number of rotatable bonds is 4. The van der Waals surface area contributed by atoms with Crippen LogP contribution in [0.1, 0.15) is 33.6 Å². The second-order valence-corrected chi connectivity index (χ2v) is 6.18. The Morgan fingerprint density at radius 1 is 1.36 bits per heavy atom. The van der Waals surface area contributed by atoms with E-state index in [0.29, 0.717) is 18.0 Å². The topological polar surface area (TPSA) is 61.8 Å². The average molecular weight is 306 g/mol. The number of urea groups is 1. The van der Waals surface area contributed by atoms with Crippen LogP contribution in [-0.2, 0) is 0 Å². The molecule has 0 saturated carbocycles. The van der Waals surface area contributed by atoms with Crippen molar-refractivity contribution in [2.24, 2.45) is 5.92 Å². The van der Waals surface area contributed by atoms with Gasteiger partial charge in [-0.1, -0.05) is 12.1 Å². The Bertz CT molecular complexity index is 502. The fourth-order valence-corrected chi connectivity index (χ4v) is 2.71. The maximum Gasteiger partial charge on any atom is 0.321 e. The Balaban J connectivity index is 2.02. The predicted octanol–water partition coefficient (Wildman–Crippen LogP) is 3.10. The Kier molecular flexibility index (Phi) is 5.66. The average Bonchev–Trinajstić information content (AvgIpc) is 2.49. The first-order valence-corrected chi connectivity index (χ1v) is 7.97. The zero-order valence-electron chi connectivity index (χ0n) is 13.6. The molecule has 2 unspecified atom stereocenters. The van der Waals surface area contributed by atoms with Gasteiger partial charge in [-0.2, -0.15) is 0 Å². The molecule has 0 aromatic heterocycles. The molecule has 122 valence electrons. The molecule has 2 rings (SSSR count). The van der Waals surface area contributed by atoms with Crippen LogP contribution >= 0.6 is 0 Å². The van der Waals surface area contributed by atoms with Crippen LogP contribution in [0.15, 0.2) is 24.3 Å². The number of aliphatic hydroxyl groups excluding tert-OH is 1. The summed E-state index contributed by atoms with van der Waals surface area (Å²) in [6.07, 6.45) is 1.56. The van der Waals surface area contributed by atoms with Crippen molar-refractivity contribution in [3.8, 4) is 5.75 Å². The highest BCUT2D eigenvalue weighted by Gasteiger charge is 2.26. The van der Waals surface area contributed by atoms with Crippen molar-refractivity contribution in [2.45, 2.75) is 45.8 Å². The predicted molar refractivity (Wildman–Crippen MR) is 87.2 cm³/mol. The molecule has 1 fully saturated rings. The second-order valence-electron chi connectivity index (χ2n) is 6.18. The van der Waals surface area contributed by atoms with Crippen molar-refractivity contribution in [1.29, 1.82) is 0 Å². The molecule has 0 aliphatic carbocycles. The largest absolute Gasteiger partial charge is 0.489 e. The third-order valence-corrected chi connectivity index (χ3v) is 3.92. The Labute approximate surface area is 132 Å². The number of carbonyl (C=O) groups excluding carboxylic acids is 1. The molecule has 5 nitrogen and oxygen atoms in total. The van der Waals surface area contributed by atoms with Crippen LogP contribution in [0, 0.1) is 5.92 Å². The smallest absolute Gasteiger partial charge is 0.321 e. The van der Waals surface area contributed by atoms with E-state index in [1.165, 1.54) is 0 Å². The highest BCUT2D eigenvalue weighted by atomic mass is 16.5. The molecule has 0 radical (unpaired) electrons. The van der Waals surface area contributed by atoms with Gasteiger partial charge in [-0.15, -0.1) is 0 Å². The van der Waals surface area contributed by atoms with E-state index < -0.39 is 0 Å². The van der Waals surface area contributed by atoms with Crippen molar-refractivity contribution >= 4 is 11.7 Å². The van der Waals surface area contributed by atoms with Gasteiger partial charge in [-0.05, 0) is 45.7 Å². The second kappa shape index (κ2) is 7.49. The standard InChI is InChI=1S/C17H26N2O3/c1-12(2)22-16-9-5-4-8-15(16)18-17(21)19-10-6-7-14(11-19)13(3)20/h4-5,8-9,12-14,20H,6-7,10-11H2,1-3H3,(H,18,21). The minimum atomic E-state index is -0.382. The number of para-hydroxylation sites is 2. The SMILES string of the molecule is CC(C)Oc1ccccc1NC(=O)N1CCCC(C(C)O)C1. The van der Waals surface area contributed by atoms with Gasteiger partial charge in [0.05, 0.1) is 17.9 Å². The third-order valence-electron chi connectivity index (χ3n) is 3.92. The van der Waals surface area contributed by atoms with E-state index in [2.05, 4.69) is 5.32 Å². The lowest BCUT2D eigenvalue weighted by atomic mass is 9.94. The van der Waals surface area contributed by atoms with Gasteiger partial charge in [0.15, 0.2) is 0 Å². The van der Waals surface area contributed by atoms with Crippen molar-refractivity contribution < 1.29 is 14.6 Å². The van der Waals surface area contributed by atoms with E-state index in [1.54, 1.807) is 11.8 Å². The van der Waals surface area contributed by atoms with Gasteiger partial charge in [0.1, 0.15) is 5.75 Å². The number of nitrogens with zero attached hydrogens (tertiary/aromatic N) is 1. The highest BCUT2D eigenvalue weighted by Crippen LogP contribution is 2.26. The number of amides is 2. The molecule has 1 heterocycles. The number of benzene rings is 1. The normalized spacial score (nSPS) is 19.9. The minimum absolute atomic E-state index is 0.0488. The van der Waals surface area contributed by atoms with Crippen molar-refractivity contribution in [3.05, 3.63) is 24.3 Å². The van der Waals surface area contributed by atoms with Gasteiger partial charge in [0.2, 0.25) is 0 Å². The molecular weight excluding hydrogens is 280 g/mol. The lowest BCUT2D eigenvalue weighted by molar-refractivity contribution is 0.0765. The summed E-state index contributed by atoms with van der Waals surface area (Å²) in [6, 6.07) is 7.32. The van der Waals surface area contributed by atoms with E-state index in [4.69, 9.17) is 4.74 Å². The first-order valence-electron chi connectivity index (χ1n) is 7.97. The van der Waals surface area contributed by atoms with E-state index in [1.807, 2.05) is 38.1 Å². The molecule has 1 aromatic rings. The first-order chi connectivity index (χ1) is 10.5. The van der Waals surface area contributed by atoms with Crippen LogP contribution in [-0.4, -0.2) is 41.3 Å². The molecule has 2 N–H and O–H groups in total. The molecule has 5 heteroatoms. The molecule has 1 aromatic carbocycles. The monoisotopic (exact) mass is 306 g/mol. The van der Waals surface area contributed by atoms with Gasteiger partial charge in [0, 0.05) is 19.0 Å². The number of hydrogen-bond acceptors (Lipinski definition) is 3. The van der Waals surface area contributed by atoms with Crippen molar-refractivity contribution in [1.82, 2.24) is 4.90 Å². The summed E-state index contributed by atoms with van der Waals surface area (Å²) in [5.41, 5.74) is 0.681. The van der Waals surface area contributed by atoms with E-state index in [0.717, 1.165) is 19.4 Å². The summed E-state index contributed by atoms with van der Waals surface area (Å²) in [5, 5.41) is 12.7. The summed E-state index contributed by atoms with van der Waals surface area (Å²) < 4.78 is 5.72. The van der Waals surface area contributed by atoms with Crippen LogP contribution in [0.25, 0.3) is 0 Å². The number of likely N-dealkylation sites (tertiary alicyclic amines) is 1. The lowest BCUT2D eigenvalue weighted by Gasteiger charge is -2.34. The molecule has 1 aliphatic heterocycles. The molecule has 2 amide bonds. The molecule has 0 spiro atoms. The van der Waals surface area contributed by atoms with Crippen LogP contribution < -0.4 is 10.1 Å². The molecule has 1 aliphatic rings. The number of aliphatic hydroxyl groups is 1. The number of hydrogen-bond donors (Lipinski definition) is 2. The van der Waals surface area contributed by atoms with Gasteiger partial charge in [0.25, 0.3) is 0 Å². The molecule has 2 atom stereocenters. The van der Waals surface area contributed by atoms with E-state index in [9.17, 15) is 9.90 Å². The number of carbonyl (C=O) groups is 1. The third kappa shape index (κ3) is 4.37. The quantitative estimate of drug-likeness (QED) is 0.898. The van der Waals surface area contributed by atoms with Crippen LogP contribution in [0.2, 0.25) is 0 Å². The lowest BCUT2D eigenvalue weighted by Crippen LogP contribution is -2.44. The number of anilines is 1. The van der Waals surface area contributed by atoms with Crippen molar-refractivity contribution in [3.63, 3.8) is 0 Å². The summed E-state index contributed by atoms with van der Waals surface area (Å²) in [4.78, 5) is 14.2. The highest BCUT2D eigenvalue weighted by molar-refractivity contribution is 5.91. The Hall–Kier alpha value is -1.75. The maximum atomic E-state index is 12.5. The Morgan fingerprint density at radius 2 is 2.09 bits per heavy atom.